The lowest BCUT2D eigenvalue weighted by molar-refractivity contribution is -0.134. The maximum absolute atomic E-state index is 12.0. The molecule has 2 rings (SSSR count). The summed E-state index contributed by atoms with van der Waals surface area (Å²) in [4.78, 5) is 16.5. The summed E-state index contributed by atoms with van der Waals surface area (Å²) in [6.45, 7) is 5.72. The van der Waals surface area contributed by atoms with Gasteiger partial charge in [0.15, 0.2) is 0 Å². The van der Waals surface area contributed by atoms with Crippen LogP contribution < -0.4 is 5.73 Å². The van der Waals surface area contributed by atoms with Crippen LogP contribution in [0.2, 0.25) is 0 Å². The molecule has 1 heterocycles. The van der Waals surface area contributed by atoms with E-state index in [9.17, 15) is 4.79 Å². The van der Waals surface area contributed by atoms with Gasteiger partial charge in [-0.2, -0.15) is 0 Å². The quantitative estimate of drug-likeness (QED) is 0.767. The number of piperazine rings is 1. The van der Waals surface area contributed by atoms with Gasteiger partial charge >= 0.3 is 0 Å². The lowest BCUT2D eigenvalue weighted by atomic mass is 9.82. The molecular weight excluding hydrogens is 214 g/mol. The molecule has 98 valence electrons. The van der Waals surface area contributed by atoms with E-state index in [-0.39, 0.29) is 0 Å². The molecule has 0 aromatic carbocycles. The van der Waals surface area contributed by atoms with Crippen molar-refractivity contribution in [2.75, 3.05) is 39.3 Å². The number of amides is 1. The molecule has 2 aliphatic rings. The van der Waals surface area contributed by atoms with Crippen molar-refractivity contribution in [2.45, 2.75) is 32.1 Å². The van der Waals surface area contributed by atoms with Gasteiger partial charge in [0.05, 0.1) is 0 Å². The summed E-state index contributed by atoms with van der Waals surface area (Å²) in [7, 11) is 0. The van der Waals surface area contributed by atoms with Crippen LogP contribution in [0.5, 0.6) is 0 Å². The van der Waals surface area contributed by atoms with Crippen molar-refractivity contribution in [3.63, 3.8) is 0 Å². The van der Waals surface area contributed by atoms with Crippen molar-refractivity contribution < 1.29 is 4.79 Å². The van der Waals surface area contributed by atoms with Gasteiger partial charge in [0.25, 0.3) is 0 Å². The van der Waals surface area contributed by atoms with E-state index in [2.05, 4.69) is 9.80 Å². The Hall–Kier alpha value is -0.610. The minimum Gasteiger partial charge on any atom is -0.340 e. The van der Waals surface area contributed by atoms with E-state index in [1.807, 2.05) is 0 Å². The van der Waals surface area contributed by atoms with Crippen LogP contribution in [0.4, 0.5) is 0 Å². The molecule has 1 amide bonds. The van der Waals surface area contributed by atoms with Gasteiger partial charge in [-0.15, -0.1) is 0 Å². The molecular formula is C13H25N3O. The second-order valence-corrected chi connectivity index (χ2v) is 5.37. The van der Waals surface area contributed by atoms with Gasteiger partial charge in [-0.25, -0.2) is 0 Å². The molecule has 0 spiro atoms. The van der Waals surface area contributed by atoms with E-state index >= 15 is 0 Å². The Morgan fingerprint density at radius 3 is 2.41 bits per heavy atom. The summed E-state index contributed by atoms with van der Waals surface area (Å²) in [6.07, 6.45) is 5.72. The van der Waals surface area contributed by atoms with E-state index in [0.717, 1.165) is 52.1 Å². The van der Waals surface area contributed by atoms with Crippen molar-refractivity contribution in [1.82, 2.24) is 9.80 Å². The highest BCUT2D eigenvalue weighted by atomic mass is 16.2. The Kier molecular flexibility index (Phi) is 4.80. The summed E-state index contributed by atoms with van der Waals surface area (Å²) in [6, 6.07) is 0. The van der Waals surface area contributed by atoms with Gasteiger partial charge in [-0.3, -0.25) is 9.69 Å². The SMILES string of the molecule is NCCCN1CCN(C(=O)CC2CCC2)CC1. The monoisotopic (exact) mass is 239 g/mol. The van der Waals surface area contributed by atoms with Gasteiger partial charge in [-0.05, 0) is 38.3 Å². The van der Waals surface area contributed by atoms with Crippen LogP contribution in [0.3, 0.4) is 0 Å². The molecule has 4 heteroatoms. The zero-order chi connectivity index (χ0) is 12.1. The maximum Gasteiger partial charge on any atom is 0.222 e. The fourth-order valence-electron chi connectivity index (χ4n) is 2.61. The largest absolute Gasteiger partial charge is 0.340 e. The van der Waals surface area contributed by atoms with E-state index in [4.69, 9.17) is 5.73 Å². The molecule has 0 radical (unpaired) electrons. The molecule has 2 N–H and O–H groups in total. The second kappa shape index (κ2) is 6.36. The van der Waals surface area contributed by atoms with Crippen molar-refractivity contribution in [1.29, 1.82) is 0 Å². The normalized spacial score (nSPS) is 22.5. The number of carbonyl (C=O) groups excluding carboxylic acids is 1. The first kappa shape index (κ1) is 12.8. The third-order valence-electron chi connectivity index (χ3n) is 4.09. The fraction of sp³-hybridized carbons (Fsp3) is 0.923. The summed E-state index contributed by atoms with van der Waals surface area (Å²) >= 11 is 0. The maximum atomic E-state index is 12.0. The number of rotatable bonds is 5. The minimum atomic E-state index is 0.383. The molecule has 0 bridgehead atoms. The van der Waals surface area contributed by atoms with Crippen LogP contribution >= 0.6 is 0 Å². The molecule has 0 aromatic heterocycles. The molecule has 4 nitrogen and oxygen atoms in total. The van der Waals surface area contributed by atoms with Crippen LogP contribution in [0, 0.1) is 5.92 Å². The van der Waals surface area contributed by atoms with E-state index < -0.39 is 0 Å². The van der Waals surface area contributed by atoms with E-state index in [1.165, 1.54) is 19.3 Å². The van der Waals surface area contributed by atoms with Crippen molar-refractivity contribution >= 4 is 5.91 Å². The fourth-order valence-corrected chi connectivity index (χ4v) is 2.61. The van der Waals surface area contributed by atoms with Gasteiger partial charge in [0.2, 0.25) is 5.91 Å². The summed E-state index contributed by atoms with van der Waals surface area (Å²) in [5, 5.41) is 0. The molecule has 1 aliphatic carbocycles. The van der Waals surface area contributed by atoms with Crippen LogP contribution in [-0.2, 0) is 4.79 Å². The number of hydrogen-bond acceptors (Lipinski definition) is 3. The first-order chi connectivity index (χ1) is 8.29. The summed E-state index contributed by atoms with van der Waals surface area (Å²) < 4.78 is 0. The summed E-state index contributed by atoms with van der Waals surface area (Å²) in [5.74, 6) is 1.07. The molecule has 1 aliphatic heterocycles. The van der Waals surface area contributed by atoms with Crippen LogP contribution in [0.25, 0.3) is 0 Å². The molecule has 2 fully saturated rings. The molecule has 0 aromatic rings. The number of nitrogens with two attached hydrogens (primary N) is 1. The Balaban J connectivity index is 1.65. The standard InChI is InChI=1S/C13H25N3O/c14-5-2-6-15-7-9-16(10-8-15)13(17)11-12-3-1-4-12/h12H,1-11,14H2. The van der Waals surface area contributed by atoms with Crippen LogP contribution in [0.15, 0.2) is 0 Å². The van der Waals surface area contributed by atoms with Gasteiger partial charge in [0, 0.05) is 32.6 Å². The first-order valence-electron chi connectivity index (χ1n) is 7.00. The lowest BCUT2D eigenvalue weighted by Gasteiger charge is -2.36. The third-order valence-corrected chi connectivity index (χ3v) is 4.09. The van der Waals surface area contributed by atoms with Crippen LogP contribution in [0.1, 0.15) is 32.1 Å². The van der Waals surface area contributed by atoms with Gasteiger partial charge in [-0.1, -0.05) is 6.42 Å². The second-order valence-electron chi connectivity index (χ2n) is 5.37. The Labute approximate surface area is 104 Å². The van der Waals surface area contributed by atoms with Gasteiger partial charge < -0.3 is 10.6 Å². The number of hydrogen-bond donors (Lipinski definition) is 1. The zero-order valence-electron chi connectivity index (χ0n) is 10.7. The highest BCUT2D eigenvalue weighted by molar-refractivity contribution is 5.76. The predicted octanol–water partition coefficient (Wildman–Crippen LogP) is 0.670. The summed E-state index contributed by atoms with van der Waals surface area (Å²) in [5.41, 5.74) is 5.51. The predicted molar refractivity (Wildman–Crippen MR) is 68.6 cm³/mol. The average Bonchev–Trinajstić information content (AvgIpc) is 2.31. The smallest absolute Gasteiger partial charge is 0.222 e. The highest BCUT2D eigenvalue weighted by Gasteiger charge is 2.25. The minimum absolute atomic E-state index is 0.383. The Morgan fingerprint density at radius 2 is 1.88 bits per heavy atom. The highest BCUT2D eigenvalue weighted by Crippen LogP contribution is 2.29. The molecule has 1 saturated heterocycles. The first-order valence-corrected chi connectivity index (χ1v) is 7.00. The van der Waals surface area contributed by atoms with E-state index in [0.29, 0.717) is 11.8 Å². The average molecular weight is 239 g/mol. The third kappa shape index (κ3) is 3.68. The Morgan fingerprint density at radius 1 is 1.18 bits per heavy atom. The molecule has 0 unspecified atom stereocenters. The van der Waals surface area contributed by atoms with E-state index in [1.54, 1.807) is 0 Å². The van der Waals surface area contributed by atoms with Crippen molar-refractivity contribution in [3.8, 4) is 0 Å². The van der Waals surface area contributed by atoms with Gasteiger partial charge in [0.1, 0.15) is 0 Å². The van der Waals surface area contributed by atoms with Crippen LogP contribution in [-0.4, -0.2) is 55.0 Å². The number of carbonyl (C=O) groups is 1. The number of nitrogens with zero attached hydrogens (tertiary/aromatic N) is 2. The topological polar surface area (TPSA) is 49.6 Å². The van der Waals surface area contributed by atoms with Crippen molar-refractivity contribution in [3.05, 3.63) is 0 Å². The zero-order valence-corrected chi connectivity index (χ0v) is 10.7. The Bertz CT molecular complexity index is 245. The van der Waals surface area contributed by atoms with Crippen molar-refractivity contribution in [2.24, 2.45) is 11.7 Å². The molecule has 0 atom stereocenters. The lowest BCUT2D eigenvalue weighted by Crippen LogP contribution is -2.49. The molecule has 17 heavy (non-hydrogen) atoms. The molecule has 1 saturated carbocycles.